The van der Waals surface area contributed by atoms with Gasteiger partial charge in [-0.25, -0.2) is 4.57 Å². The van der Waals surface area contributed by atoms with Gasteiger partial charge < -0.3 is 20.1 Å². The Morgan fingerprint density at radius 3 is 1.16 bits per heavy atom. The molecule has 0 aromatic rings. The number of carbonyl (C=O) groups excluding carboxylic acids is 2. The fraction of sp³-hybridized carbons (Fsp3) is 0.723. The molecule has 0 bridgehead atoms. The van der Waals surface area contributed by atoms with E-state index in [0.717, 1.165) is 57.8 Å². The molecule has 0 saturated carbocycles. The van der Waals surface area contributed by atoms with Crippen LogP contribution in [0.3, 0.4) is 0 Å². The summed E-state index contributed by atoms with van der Waals surface area (Å²) < 4.78 is 32.8. The fourth-order valence-electron chi connectivity index (χ4n) is 8.49. The number of hydrogen-bond acceptors (Lipinski definition) is 8. The third-order valence-corrected chi connectivity index (χ3v) is 14.0. The van der Waals surface area contributed by atoms with Crippen molar-refractivity contribution in [2.24, 2.45) is 5.73 Å². The fourth-order valence-corrected chi connectivity index (χ4v) is 9.25. The molecule has 2 atom stereocenters. The van der Waals surface area contributed by atoms with Crippen LogP contribution in [0.15, 0.2) is 97.2 Å². The van der Waals surface area contributed by atoms with Gasteiger partial charge in [-0.1, -0.05) is 278 Å². The highest BCUT2D eigenvalue weighted by Gasteiger charge is 2.25. The van der Waals surface area contributed by atoms with Crippen LogP contribution in [0.4, 0.5) is 0 Å². The number of esters is 2. The van der Waals surface area contributed by atoms with Gasteiger partial charge in [0.1, 0.15) is 6.61 Å². The van der Waals surface area contributed by atoms with Gasteiger partial charge in [-0.15, -0.1) is 0 Å². The molecule has 0 aromatic carbocycles. The van der Waals surface area contributed by atoms with Crippen LogP contribution < -0.4 is 5.73 Å². The maximum Gasteiger partial charge on any atom is 0.472 e. The quantitative estimate of drug-likeness (QED) is 0.0264. The predicted octanol–water partition coefficient (Wildman–Crippen LogP) is 19.6. The van der Waals surface area contributed by atoms with Crippen molar-refractivity contribution in [1.82, 2.24) is 0 Å². The van der Waals surface area contributed by atoms with Gasteiger partial charge in [-0.3, -0.25) is 18.6 Å². The van der Waals surface area contributed by atoms with Gasteiger partial charge in [0.15, 0.2) is 6.10 Å². The largest absolute Gasteiger partial charge is 0.472 e. The maximum atomic E-state index is 12.6. The van der Waals surface area contributed by atoms with Crippen molar-refractivity contribution in [2.75, 3.05) is 26.4 Å². The summed E-state index contributed by atoms with van der Waals surface area (Å²) in [6.45, 7) is 3.51. The molecule has 0 heterocycles. The topological polar surface area (TPSA) is 134 Å². The van der Waals surface area contributed by atoms with Crippen molar-refractivity contribution in [3.63, 3.8) is 0 Å². The first-order chi connectivity index (χ1) is 36.8. The van der Waals surface area contributed by atoms with Crippen molar-refractivity contribution in [3.05, 3.63) is 97.2 Å². The van der Waals surface area contributed by atoms with Crippen LogP contribution >= 0.6 is 7.82 Å². The lowest BCUT2D eigenvalue weighted by Gasteiger charge is -2.19. The Hall–Kier alpha value is -3.07. The molecule has 0 aliphatic rings. The zero-order valence-corrected chi connectivity index (χ0v) is 49.2. The molecule has 0 saturated heterocycles. The molecule has 0 spiro atoms. The summed E-state index contributed by atoms with van der Waals surface area (Å²) in [6.07, 6.45) is 81.1. The van der Waals surface area contributed by atoms with E-state index in [4.69, 9.17) is 24.3 Å². The average Bonchev–Trinajstić information content (AvgIpc) is 3.40. The zero-order valence-electron chi connectivity index (χ0n) is 48.3. The Morgan fingerprint density at radius 2 is 0.773 bits per heavy atom. The van der Waals surface area contributed by atoms with Crippen LogP contribution in [0.1, 0.15) is 271 Å². The third-order valence-electron chi connectivity index (χ3n) is 13.0. The summed E-state index contributed by atoms with van der Waals surface area (Å²) in [5.41, 5.74) is 5.37. The molecule has 0 aliphatic heterocycles. The van der Waals surface area contributed by atoms with E-state index in [0.29, 0.717) is 6.42 Å². The van der Waals surface area contributed by atoms with E-state index >= 15 is 0 Å². The van der Waals surface area contributed by atoms with E-state index < -0.39 is 32.5 Å². The lowest BCUT2D eigenvalue weighted by molar-refractivity contribution is -0.160. The smallest absolute Gasteiger partial charge is 0.462 e. The zero-order chi connectivity index (χ0) is 54.5. The normalized spacial score (nSPS) is 13.7. The first kappa shape index (κ1) is 71.9. The minimum absolute atomic E-state index is 0.00394. The molecule has 0 radical (unpaired) electrons. The summed E-state index contributed by atoms with van der Waals surface area (Å²) in [7, 11) is -4.41. The highest BCUT2D eigenvalue weighted by Crippen LogP contribution is 2.43. The first-order valence-electron chi connectivity index (χ1n) is 30.7. The molecule has 0 fully saturated rings. The summed E-state index contributed by atoms with van der Waals surface area (Å²) in [5, 5.41) is 0. The summed E-state index contributed by atoms with van der Waals surface area (Å²) >= 11 is 0. The molecule has 9 nitrogen and oxygen atoms in total. The monoisotopic (exact) mass is 1070 g/mol. The van der Waals surface area contributed by atoms with Crippen LogP contribution in [-0.2, 0) is 32.7 Å². The number of carbonyl (C=O) groups is 2. The van der Waals surface area contributed by atoms with Crippen molar-refractivity contribution < 1.29 is 37.6 Å². The highest BCUT2D eigenvalue weighted by molar-refractivity contribution is 7.47. The molecule has 0 amide bonds. The van der Waals surface area contributed by atoms with Gasteiger partial charge in [-0.2, -0.15) is 0 Å². The van der Waals surface area contributed by atoms with Crippen molar-refractivity contribution in [1.29, 1.82) is 0 Å². The SMILES string of the molecule is CC/C=C\C/C=C\C/C=C\C/C=C\C/C=C\CC(=O)OC(COC(=O)CCCCCCCCCCCCCCCCCCCCCCCCCC/C=C\C/C=C\C/C=C\CCCCCCC)COP(=O)(O)OCCN. The molecule has 0 aliphatic carbocycles. The van der Waals surface area contributed by atoms with E-state index in [-0.39, 0.29) is 32.6 Å². The first-order valence-corrected chi connectivity index (χ1v) is 32.2. The summed E-state index contributed by atoms with van der Waals surface area (Å²) in [5.74, 6) is -0.972. The van der Waals surface area contributed by atoms with Gasteiger partial charge in [0, 0.05) is 13.0 Å². The average molecular weight is 1070 g/mol. The number of unbranched alkanes of at least 4 members (excludes halogenated alkanes) is 29. The van der Waals surface area contributed by atoms with Gasteiger partial charge in [0.2, 0.25) is 0 Å². The second-order valence-electron chi connectivity index (χ2n) is 20.2. The second kappa shape index (κ2) is 60.2. The molecule has 2 unspecified atom stereocenters. The van der Waals surface area contributed by atoms with Crippen molar-refractivity contribution >= 4 is 19.8 Å². The molecule has 10 heteroatoms. The summed E-state index contributed by atoms with van der Waals surface area (Å²) in [4.78, 5) is 35.0. The lowest BCUT2D eigenvalue weighted by Crippen LogP contribution is -2.29. The Kier molecular flexibility index (Phi) is 57.7. The number of phosphoric ester groups is 1. The van der Waals surface area contributed by atoms with Gasteiger partial charge in [-0.05, 0) is 77.0 Å². The maximum absolute atomic E-state index is 12.6. The van der Waals surface area contributed by atoms with Gasteiger partial charge >= 0.3 is 19.8 Å². The van der Waals surface area contributed by atoms with Gasteiger partial charge in [0.05, 0.1) is 19.6 Å². The van der Waals surface area contributed by atoms with Crippen LogP contribution in [0, 0.1) is 0 Å². The van der Waals surface area contributed by atoms with Gasteiger partial charge in [0.25, 0.3) is 0 Å². The van der Waals surface area contributed by atoms with E-state index in [1.165, 1.54) is 180 Å². The molecule has 0 aromatic heterocycles. The standard InChI is InChI=1S/C65H114NO8P/c1-3-5-7-9-11-13-15-17-19-20-21-22-23-24-25-26-27-28-29-30-31-32-33-34-35-36-37-38-39-40-41-42-44-45-47-49-51-53-55-57-64(67)71-61-63(62-73-75(69,70)72-60-59-66)74-65(68)58-56-54-52-50-48-46-43-18-16-14-12-10-8-6-4-2/h6,8,12,14-15,17-18,20-21,23-24,43,48,50,54,56,63H,3-5,7,9-11,13,16,19,22,25-42,44-47,49,51-53,55,57-62,66H2,1-2H3,(H,69,70)/b8-6-,14-12-,17-15-,21-20-,24-23-,43-18-,50-48-,56-54-. The van der Waals surface area contributed by atoms with Crippen molar-refractivity contribution in [2.45, 2.75) is 277 Å². The Morgan fingerprint density at radius 1 is 0.427 bits per heavy atom. The number of nitrogens with two attached hydrogens (primary N) is 1. The molecule has 3 N–H and O–H groups in total. The van der Waals surface area contributed by atoms with Crippen molar-refractivity contribution in [3.8, 4) is 0 Å². The van der Waals surface area contributed by atoms with E-state index in [2.05, 4.69) is 92.8 Å². The number of allylic oxidation sites excluding steroid dienone is 15. The van der Waals surface area contributed by atoms with Crippen LogP contribution in [0.2, 0.25) is 0 Å². The number of ether oxygens (including phenoxy) is 2. The van der Waals surface area contributed by atoms with E-state index in [9.17, 15) is 19.0 Å². The minimum atomic E-state index is -4.41. The second-order valence-corrected chi connectivity index (χ2v) is 21.7. The molecular formula is C65H114NO8P. The van der Waals surface area contributed by atoms with E-state index in [1.807, 2.05) is 12.2 Å². The van der Waals surface area contributed by atoms with Crippen LogP contribution in [0.25, 0.3) is 0 Å². The lowest BCUT2D eigenvalue weighted by atomic mass is 10.0. The van der Waals surface area contributed by atoms with Crippen LogP contribution in [-0.4, -0.2) is 49.3 Å². The van der Waals surface area contributed by atoms with Crippen LogP contribution in [0.5, 0.6) is 0 Å². The molecule has 75 heavy (non-hydrogen) atoms. The Balaban J connectivity index is 3.82. The number of hydrogen-bond donors (Lipinski definition) is 2. The third kappa shape index (κ3) is 60.0. The Labute approximate surface area is 461 Å². The predicted molar refractivity (Wildman–Crippen MR) is 321 cm³/mol. The highest BCUT2D eigenvalue weighted by atomic mass is 31.2. The minimum Gasteiger partial charge on any atom is -0.462 e. The van der Waals surface area contributed by atoms with E-state index in [1.54, 1.807) is 6.08 Å². The molecular weight excluding hydrogens is 954 g/mol. The molecule has 432 valence electrons. The number of rotatable bonds is 57. The summed E-state index contributed by atoms with van der Waals surface area (Å²) in [6, 6.07) is 0. The Bertz CT molecular complexity index is 1550. The molecule has 0 rings (SSSR count). The number of phosphoric acid groups is 1.